The molecule has 2 aliphatic heterocycles. The summed E-state index contributed by atoms with van der Waals surface area (Å²) in [5.74, 6) is -0.116. The van der Waals surface area contributed by atoms with Crippen molar-refractivity contribution in [3.63, 3.8) is 0 Å². The Morgan fingerprint density at radius 2 is 1.66 bits per heavy atom. The monoisotopic (exact) mass is 434 g/mol. The number of nitrogens with zero attached hydrogens (tertiary/aromatic N) is 2. The predicted molar refractivity (Wildman–Crippen MR) is 117 cm³/mol. The zero-order chi connectivity index (χ0) is 22.1. The van der Waals surface area contributed by atoms with Gasteiger partial charge in [0, 0.05) is 13.1 Å². The van der Waals surface area contributed by atoms with E-state index < -0.39 is 17.8 Å². The van der Waals surface area contributed by atoms with Crippen LogP contribution in [0.2, 0.25) is 0 Å². The first-order chi connectivity index (χ1) is 15.6. The fourth-order valence-electron chi connectivity index (χ4n) is 4.26. The van der Waals surface area contributed by atoms with Gasteiger partial charge in [-0.15, -0.1) is 0 Å². The lowest BCUT2D eigenvalue weighted by atomic mass is 10.1. The minimum atomic E-state index is -0.784. The number of likely N-dealkylation sites (tertiary alicyclic amines) is 1. The van der Waals surface area contributed by atoms with Gasteiger partial charge in [0.2, 0.25) is 0 Å². The Morgan fingerprint density at radius 1 is 0.906 bits per heavy atom. The highest BCUT2D eigenvalue weighted by atomic mass is 19.1. The third-order valence-corrected chi connectivity index (χ3v) is 5.92. The molecule has 5 rings (SSSR count). The van der Waals surface area contributed by atoms with Crippen LogP contribution in [0.1, 0.15) is 29.8 Å². The van der Waals surface area contributed by atoms with E-state index in [4.69, 9.17) is 9.15 Å². The number of para-hydroxylation sites is 2. The molecule has 0 aliphatic carbocycles. The van der Waals surface area contributed by atoms with Crippen molar-refractivity contribution in [2.24, 2.45) is 0 Å². The molecular weight excluding hydrogens is 411 g/mol. The normalized spacial score (nSPS) is 18.1. The fraction of sp³-hybridized carbons (Fsp3) is 0.280. The van der Waals surface area contributed by atoms with Crippen LogP contribution < -0.4 is 9.64 Å². The van der Waals surface area contributed by atoms with Gasteiger partial charge in [0.15, 0.2) is 11.9 Å². The molecule has 7 heteroatoms. The standard InChI is InChI=1S/C25H23FN2O4/c26-18-9-3-2-8-17(18)20-12-13-22(31-20)25(30)28-16-23(24(29)27-14-6-1-7-15-27)32-21-11-5-4-10-19(21)28/h2-5,8-13,23H,1,6-7,14-16H2/t23-/m1/s1. The van der Waals surface area contributed by atoms with Crippen LogP contribution in [0.4, 0.5) is 10.1 Å². The Labute approximate surface area is 185 Å². The third-order valence-electron chi connectivity index (χ3n) is 5.92. The summed E-state index contributed by atoms with van der Waals surface area (Å²) in [5, 5.41) is 0. The second kappa shape index (κ2) is 8.49. The lowest BCUT2D eigenvalue weighted by molar-refractivity contribution is -0.139. The van der Waals surface area contributed by atoms with Gasteiger partial charge in [-0.3, -0.25) is 14.5 Å². The van der Waals surface area contributed by atoms with E-state index in [0.717, 1.165) is 19.3 Å². The average molecular weight is 434 g/mol. The Bertz CT molecular complexity index is 1150. The minimum absolute atomic E-state index is 0.0733. The maximum absolute atomic E-state index is 14.1. The summed E-state index contributed by atoms with van der Waals surface area (Å²) in [7, 11) is 0. The number of benzene rings is 2. The number of amides is 2. The molecule has 1 saturated heterocycles. The second-order valence-electron chi connectivity index (χ2n) is 8.02. The largest absolute Gasteiger partial charge is 0.476 e. The molecule has 0 bridgehead atoms. The predicted octanol–water partition coefficient (Wildman–Crippen LogP) is 4.51. The molecule has 0 radical (unpaired) electrons. The first-order valence-corrected chi connectivity index (χ1v) is 10.8. The topological polar surface area (TPSA) is 63.0 Å². The molecule has 0 unspecified atom stereocenters. The van der Waals surface area contributed by atoms with E-state index >= 15 is 0 Å². The highest BCUT2D eigenvalue weighted by Gasteiger charge is 2.37. The van der Waals surface area contributed by atoms with Gasteiger partial charge in [0.1, 0.15) is 17.3 Å². The molecule has 0 spiro atoms. The van der Waals surface area contributed by atoms with E-state index in [-0.39, 0.29) is 29.5 Å². The maximum Gasteiger partial charge on any atom is 0.294 e. The number of carbonyl (C=O) groups excluding carboxylic acids is 2. The molecule has 3 heterocycles. The van der Waals surface area contributed by atoms with E-state index in [2.05, 4.69) is 0 Å². The van der Waals surface area contributed by atoms with Crippen molar-refractivity contribution in [3.8, 4) is 17.1 Å². The molecule has 2 aliphatic rings. The molecule has 0 N–H and O–H groups in total. The van der Waals surface area contributed by atoms with Gasteiger partial charge in [-0.1, -0.05) is 24.3 Å². The molecule has 1 aromatic heterocycles. The average Bonchev–Trinajstić information content (AvgIpc) is 3.33. The lowest BCUT2D eigenvalue weighted by Crippen LogP contribution is -2.52. The number of furan rings is 1. The van der Waals surface area contributed by atoms with Gasteiger partial charge in [-0.25, -0.2) is 4.39 Å². The number of hydrogen-bond donors (Lipinski definition) is 0. The minimum Gasteiger partial charge on any atom is -0.476 e. The zero-order valence-electron chi connectivity index (χ0n) is 17.5. The van der Waals surface area contributed by atoms with Crippen molar-refractivity contribution in [1.29, 1.82) is 0 Å². The van der Waals surface area contributed by atoms with E-state index in [1.165, 1.54) is 17.0 Å². The van der Waals surface area contributed by atoms with Crippen LogP contribution >= 0.6 is 0 Å². The second-order valence-corrected chi connectivity index (χ2v) is 8.02. The molecule has 3 aromatic rings. The number of piperidine rings is 1. The highest BCUT2D eigenvalue weighted by molar-refractivity contribution is 6.06. The van der Waals surface area contributed by atoms with Crippen molar-refractivity contribution < 1.29 is 23.1 Å². The molecule has 2 aromatic carbocycles. The number of carbonyl (C=O) groups is 2. The summed E-state index contributed by atoms with van der Waals surface area (Å²) in [5.41, 5.74) is 0.858. The van der Waals surface area contributed by atoms with Gasteiger partial charge < -0.3 is 14.1 Å². The van der Waals surface area contributed by atoms with Gasteiger partial charge in [0.05, 0.1) is 17.8 Å². The molecule has 1 fully saturated rings. The summed E-state index contributed by atoms with van der Waals surface area (Å²) in [4.78, 5) is 29.8. The maximum atomic E-state index is 14.1. The number of ether oxygens (including phenoxy) is 1. The van der Waals surface area contributed by atoms with Crippen molar-refractivity contribution in [2.45, 2.75) is 25.4 Å². The van der Waals surface area contributed by atoms with Crippen LogP contribution in [0, 0.1) is 5.82 Å². The Hall–Kier alpha value is -3.61. The SMILES string of the molecule is O=C([C@H]1CN(C(=O)c2ccc(-c3ccccc3F)o2)c2ccccc2O1)N1CCCCC1. The quantitative estimate of drug-likeness (QED) is 0.609. The van der Waals surface area contributed by atoms with Crippen molar-refractivity contribution in [2.75, 3.05) is 24.5 Å². The van der Waals surface area contributed by atoms with E-state index in [1.54, 1.807) is 42.5 Å². The summed E-state index contributed by atoms with van der Waals surface area (Å²) in [6.07, 6.45) is 2.28. The molecule has 6 nitrogen and oxygen atoms in total. The third kappa shape index (κ3) is 3.75. The molecule has 2 amide bonds. The summed E-state index contributed by atoms with van der Waals surface area (Å²) in [6, 6.07) is 16.5. The van der Waals surface area contributed by atoms with Crippen LogP contribution in [-0.4, -0.2) is 42.5 Å². The van der Waals surface area contributed by atoms with Crippen LogP contribution in [0.3, 0.4) is 0 Å². The van der Waals surface area contributed by atoms with Crippen LogP contribution in [0.15, 0.2) is 65.1 Å². The van der Waals surface area contributed by atoms with Gasteiger partial charge in [0.25, 0.3) is 11.8 Å². The summed E-state index contributed by atoms with van der Waals surface area (Å²) in [6.45, 7) is 1.50. The number of hydrogen-bond acceptors (Lipinski definition) is 4. The fourth-order valence-corrected chi connectivity index (χ4v) is 4.26. The van der Waals surface area contributed by atoms with Gasteiger partial charge in [-0.2, -0.15) is 0 Å². The highest BCUT2D eigenvalue weighted by Crippen LogP contribution is 2.35. The Morgan fingerprint density at radius 3 is 2.47 bits per heavy atom. The van der Waals surface area contributed by atoms with Gasteiger partial charge >= 0.3 is 0 Å². The molecule has 1 atom stereocenters. The van der Waals surface area contributed by atoms with Crippen LogP contribution in [-0.2, 0) is 4.79 Å². The van der Waals surface area contributed by atoms with Gasteiger partial charge in [-0.05, 0) is 55.7 Å². The first-order valence-electron chi connectivity index (χ1n) is 10.8. The number of rotatable bonds is 3. The van der Waals surface area contributed by atoms with Crippen LogP contribution in [0.25, 0.3) is 11.3 Å². The lowest BCUT2D eigenvalue weighted by Gasteiger charge is -2.37. The Kier molecular flexibility index (Phi) is 5.39. The van der Waals surface area contributed by atoms with E-state index in [1.807, 2.05) is 11.0 Å². The van der Waals surface area contributed by atoms with Crippen molar-refractivity contribution in [3.05, 3.63) is 72.2 Å². The van der Waals surface area contributed by atoms with Crippen LogP contribution in [0.5, 0.6) is 5.75 Å². The number of halogens is 1. The molecule has 32 heavy (non-hydrogen) atoms. The molecular formula is C25H23FN2O4. The van der Waals surface area contributed by atoms with Crippen molar-refractivity contribution in [1.82, 2.24) is 4.90 Å². The summed E-state index contributed by atoms with van der Waals surface area (Å²) >= 11 is 0. The molecule has 164 valence electrons. The van der Waals surface area contributed by atoms with E-state index in [0.29, 0.717) is 24.5 Å². The summed E-state index contributed by atoms with van der Waals surface area (Å²) < 4.78 is 25.9. The first kappa shape index (κ1) is 20.3. The zero-order valence-corrected chi connectivity index (χ0v) is 17.5. The molecule has 0 saturated carbocycles. The number of anilines is 1. The van der Waals surface area contributed by atoms with E-state index in [9.17, 15) is 14.0 Å². The smallest absolute Gasteiger partial charge is 0.294 e. The van der Waals surface area contributed by atoms with Crippen molar-refractivity contribution >= 4 is 17.5 Å². The Balaban J connectivity index is 1.43. The number of fused-ring (bicyclic) bond motifs is 1.